The van der Waals surface area contributed by atoms with E-state index >= 15 is 0 Å². The second kappa shape index (κ2) is 8.26. The quantitative estimate of drug-likeness (QED) is 0.607. The van der Waals surface area contributed by atoms with Gasteiger partial charge in [-0.2, -0.15) is 0 Å². The SMILES string of the molecule is CC(C)O/C(=C/F)CCC(C)O/C=C/F. The highest BCUT2D eigenvalue weighted by Crippen LogP contribution is 2.13. The van der Waals surface area contributed by atoms with Crippen LogP contribution in [0.5, 0.6) is 0 Å². The van der Waals surface area contributed by atoms with Crippen molar-refractivity contribution < 1.29 is 18.3 Å². The van der Waals surface area contributed by atoms with Gasteiger partial charge in [-0.1, -0.05) is 0 Å². The summed E-state index contributed by atoms with van der Waals surface area (Å²) >= 11 is 0. The Morgan fingerprint density at radius 1 is 1.27 bits per heavy atom. The Bertz CT molecular complexity index is 213. The minimum absolute atomic E-state index is 0.0473. The smallest absolute Gasteiger partial charge is 0.125 e. The molecular formula is C11H18F2O2. The molecule has 0 bridgehead atoms. The third-order valence-electron chi connectivity index (χ3n) is 1.67. The van der Waals surface area contributed by atoms with Crippen LogP contribution in [-0.4, -0.2) is 12.2 Å². The first-order valence-electron chi connectivity index (χ1n) is 4.96. The van der Waals surface area contributed by atoms with Gasteiger partial charge in [0.25, 0.3) is 0 Å². The molecule has 0 N–H and O–H groups in total. The fourth-order valence-electron chi connectivity index (χ4n) is 1.02. The fraction of sp³-hybridized carbons (Fsp3) is 0.636. The van der Waals surface area contributed by atoms with Crippen LogP contribution in [0.2, 0.25) is 0 Å². The lowest BCUT2D eigenvalue weighted by Gasteiger charge is -2.15. The monoisotopic (exact) mass is 220 g/mol. The van der Waals surface area contributed by atoms with Crippen LogP contribution in [0, 0.1) is 0 Å². The Morgan fingerprint density at radius 3 is 2.40 bits per heavy atom. The number of allylic oxidation sites excluding steroid dienone is 1. The van der Waals surface area contributed by atoms with Crippen LogP contribution >= 0.6 is 0 Å². The van der Waals surface area contributed by atoms with Crippen LogP contribution in [0.25, 0.3) is 0 Å². The summed E-state index contributed by atoms with van der Waals surface area (Å²) in [6, 6.07) is 0. The van der Waals surface area contributed by atoms with Gasteiger partial charge in [-0.25, -0.2) is 8.78 Å². The van der Waals surface area contributed by atoms with Crippen LogP contribution in [0.15, 0.2) is 24.7 Å². The predicted octanol–water partition coefficient (Wildman–Crippen LogP) is 3.85. The summed E-state index contributed by atoms with van der Waals surface area (Å²) in [5, 5.41) is 0. The van der Waals surface area contributed by atoms with E-state index in [1.54, 1.807) is 6.92 Å². The van der Waals surface area contributed by atoms with E-state index in [9.17, 15) is 8.78 Å². The Kier molecular flexibility index (Phi) is 7.68. The third-order valence-corrected chi connectivity index (χ3v) is 1.67. The maximum atomic E-state index is 12.3. The molecule has 0 aliphatic heterocycles. The zero-order chi connectivity index (χ0) is 11.7. The van der Waals surface area contributed by atoms with Gasteiger partial charge in [-0.3, -0.25) is 0 Å². The lowest BCUT2D eigenvalue weighted by Crippen LogP contribution is -2.07. The zero-order valence-electron chi connectivity index (χ0n) is 9.37. The highest BCUT2D eigenvalue weighted by Gasteiger charge is 2.06. The standard InChI is InChI=1S/C11H18F2O2/c1-9(2)15-11(8-13)5-4-10(3)14-7-6-12/h6-10H,4-5H2,1-3H3/b7-6+,11-8+. The maximum Gasteiger partial charge on any atom is 0.125 e. The van der Waals surface area contributed by atoms with Gasteiger partial charge in [0, 0.05) is 6.42 Å². The molecule has 0 amide bonds. The van der Waals surface area contributed by atoms with Crippen molar-refractivity contribution in [2.45, 2.75) is 45.8 Å². The van der Waals surface area contributed by atoms with Crippen LogP contribution in [0.1, 0.15) is 33.6 Å². The van der Waals surface area contributed by atoms with Gasteiger partial charge in [0.1, 0.15) is 24.7 Å². The van der Waals surface area contributed by atoms with Gasteiger partial charge < -0.3 is 9.47 Å². The summed E-state index contributed by atoms with van der Waals surface area (Å²) in [5.41, 5.74) is 0. The van der Waals surface area contributed by atoms with E-state index in [2.05, 4.69) is 0 Å². The average Bonchev–Trinajstić information content (AvgIpc) is 2.20. The van der Waals surface area contributed by atoms with Crippen LogP contribution in [-0.2, 0) is 9.47 Å². The Morgan fingerprint density at radius 2 is 1.93 bits per heavy atom. The highest BCUT2D eigenvalue weighted by atomic mass is 19.1. The Hall–Kier alpha value is -1.06. The number of hydrogen-bond acceptors (Lipinski definition) is 2. The highest BCUT2D eigenvalue weighted by molar-refractivity contribution is 4.88. The lowest BCUT2D eigenvalue weighted by atomic mass is 10.2. The first-order chi connectivity index (χ1) is 7.10. The maximum absolute atomic E-state index is 12.3. The normalized spacial score (nSPS) is 14.7. The van der Waals surface area contributed by atoms with E-state index in [0.717, 1.165) is 6.26 Å². The first kappa shape index (κ1) is 13.9. The van der Waals surface area contributed by atoms with Crippen molar-refractivity contribution in [3.63, 3.8) is 0 Å². The molecule has 88 valence electrons. The number of rotatable bonds is 7. The fourth-order valence-corrected chi connectivity index (χ4v) is 1.02. The second-order valence-corrected chi connectivity index (χ2v) is 3.49. The van der Waals surface area contributed by atoms with E-state index in [-0.39, 0.29) is 12.2 Å². The Labute approximate surface area is 89.6 Å². The molecule has 0 radical (unpaired) electrons. The minimum Gasteiger partial charge on any atom is -0.496 e. The topological polar surface area (TPSA) is 18.5 Å². The van der Waals surface area contributed by atoms with E-state index < -0.39 is 0 Å². The summed E-state index contributed by atoms with van der Waals surface area (Å²) < 4.78 is 34.0. The molecule has 1 atom stereocenters. The van der Waals surface area contributed by atoms with Crippen molar-refractivity contribution in [2.24, 2.45) is 0 Å². The molecular weight excluding hydrogens is 202 g/mol. The molecule has 0 aromatic rings. The van der Waals surface area contributed by atoms with Crippen molar-refractivity contribution in [1.29, 1.82) is 0 Å². The largest absolute Gasteiger partial charge is 0.496 e. The van der Waals surface area contributed by atoms with Crippen molar-refractivity contribution in [3.8, 4) is 0 Å². The molecule has 0 fully saturated rings. The van der Waals surface area contributed by atoms with Crippen LogP contribution in [0.3, 0.4) is 0 Å². The zero-order valence-corrected chi connectivity index (χ0v) is 9.37. The molecule has 0 aliphatic carbocycles. The number of ether oxygens (including phenoxy) is 2. The van der Waals surface area contributed by atoms with Gasteiger partial charge in [0.2, 0.25) is 0 Å². The second-order valence-electron chi connectivity index (χ2n) is 3.49. The van der Waals surface area contributed by atoms with Gasteiger partial charge in [0.15, 0.2) is 0 Å². The predicted molar refractivity (Wildman–Crippen MR) is 55.4 cm³/mol. The minimum atomic E-state index is -0.164. The van der Waals surface area contributed by atoms with Gasteiger partial charge in [0.05, 0.1) is 12.2 Å². The molecule has 0 aromatic heterocycles. The molecule has 0 saturated heterocycles. The summed E-state index contributed by atoms with van der Waals surface area (Å²) in [5.74, 6) is 0.296. The number of hydrogen-bond donors (Lipinski definition) is 0. The molecule has 2 nitrogen and oxygen atoms in total. The van der Waals surface area contributed by atoms with Gasteiger partial charge in [-0.15, -0.1) is 0 Å². The molecule has 1 unspecified atom stereocenters. The van der Waals surface area contributed by atoms with Crippen molar-refractivity contribution >= 4 is 0 Å². The van der Waals surface area contributed by atoms with Crippen LogP contribution < -0.4 is 0 Å². The summed E-state index contributed by atoms with van der Waals surface area (Å²) in [4.78, 5) is 0. The van der Waals surface area contributed by atoms with Crippen molar-refractivity contribution in [3.05, 3.63) is 24.7 Å². The molecule has 15 heavy (non-hydrogen) atoms. The van der Waals surface area contributed by atoms with Crippen molar-refractivity contribution in [2.75, 3.05) is 0 Å². The summed E-state index contributed by atoms with van der Waals surface area (Å²) in [7, 11) is 0. The van der Waals surface area contributed by atoms with Gasteiger partial charge in [-0.05, 0) is 27.2 Å². The third kappa shape index (κ3) is 7.97. The Balaban J connectivity index is 3.80. The summed E-state index contributed by atoms with van der Waals surface area (Å²) in [6.45, 7) is 5.44. The molecule has 0 spiro atoms. The average molecular weight is 220 g/mol. The first-order valence-corrected chi connectivity index (χ1v) is 4.96. The lowest BCUT2D eigenvalue weighted by molar-refractivity contribution is 0.113. The molecule has 0 saturated carbocycles. The van der Waals surface area contributed by atoms with Crippen LogP contribution in [0.4, 0.5) is 8.78 Å². The van der Waals surface area contributed by atoms with E-state index in [4.69, 9.17) is 9.47 Å². The van der Waals surface area contributed by atoms with E-state index in [0.29, 0.717) is 31.3 Å². The van der Waals surface area contributed by atoms with E-state index in [1.165, 1.54) is 0 Å². The molecule has 0 rings (SSSR count). The molecule has 0 heterocycles. The summed E-state index contributed by atoms with van der Waals surface area (Å²) in [6.07, 6.45) is 2.57. The molecule has 0 aromatic carbocycles. The van der Waals surface area contributed by atoms with Gasteiger partial charge >= 0.3 is 0 Å². The van der Waals surface area contributed by atoms with Crippen molar-refractivity contribution in [1.82, 2.24) is 0 Å². The van der Waals surface area contributed by atoms with E-state index in [1.807, 2.05) is 13.8 Å². The molecule has 0 aliphatic rings. The molecule has 4 heteroatoms. The number of halogens is 2.